The molecule has 8 heteroatoms. The van der Waals surface area contributed by atoms with Gasteiger partial charge in [-0.1, -0.05) is 12.1 Å². The van der Waals surface area contributed by atoms with Gasteiger partial charge in [-0.15, -0.1) is 0 Å². The van der Waals surface area contributed by atoms with Gasteiger partial charge in [0.2, 0.25) is 11.8 Å². The van der Waals surface area contributed by atoms with Crippen molar-refractivity contribution in [2.45, 2.75) is 18.5 Å². The third-order valence-electron chi connectivity index (χ3n) is 5.56. The number of nitrogens with one attached hydrogen (secondary N) is 1. The molecule has 0 unspecified atom stereocenters. The zero-order valence-corrected chi connectivity index (χ0v) is 16.5. The number of hydrogen-bond donors (Lipinski definition) is 1. The lowest BCUT2D eigenvalue weighted by Crippen LogP contribution is -2.70. The number of piperazine rings is 2. The summed E-state index contributed by atoms with van der Waals surface area (Å²) in [6, 6.07) is 11.3. The van der Waals surface area contributed by atoms with Crippen LogP contribution in [0.4, 0.5) is 4.39 Å². The summed E-state index contributed by atoms with van der Waals surface area (Å²) in [5, 5.41) is 2.80. The molecular weight excluding hydrogens is 389 g/mol. The zero-order valence-electron chi connectivity index (χ0n) is 16.5. The Morgan fingerprint density at radius 1 is 1.10 bits per heavy atom. The number of carbonyl (C=O) groups excluding carboxylic acids is 3. The maximum Gasteiger partial charge on any atom is 0.254 e. The van der Waals surface area contributed by atoms with Gasteiger partial charge in [0.1, 0.15) is 23.7 Å². The fourth-order valence-corrected chi connectivity index (χ4v) is 3.90. The van der Waals surface area contributed by atoms with Crippen molar-refractivity contribution in [2.24, 2.45) is 0 Å². The Hall–Kier alpha value is -3.42. The predicted octanol–water partition coefficient (Wildman–Crippen LogP) is 1.23. The Morgan fingerprint density at radius 3 is 2.47 bits per heavy atom. The zero-order chi connectivity index (χ0) is 21.3. The number of ether oxygens (including phenoxy) is 1. The first-order valence-corrected chi connectivity index (χ1v) is 9.75. The fraction of sp³-hybridized carbons (Fsp3) is 0.318. The SMILES string of the molecule is COc1ccc(C[C@@H]2NC(=O)[C@H]3CN(C(=O)c4ccc(F)cc4)CCN3C2=O)cc1. The molecule has 2 aromatic rings. The van der Waals surface area contributed by atoms with Crippen LogP contribution < -0.4 is 10.1 Å². The van der Waals surface area contributed by atoms with Crippen LogP contribution in [0, 0.1) is 5.82 Å². The van der Waals surface area contributed by atoms with E-state index in [2.05, 4.69) is 5.32 Å². The molecule has 0 saturated carbocycles. The van der Waals surface area contributed by atoms with Crippen LogP contribution >= 0.6 is 0 Å². The molecular formula is C22H22FN3O4. The van der Waals surface area contributed by atoms with Crippen molar-refractivity contribution in [1.82, 2.24) is 15.1 Å². The summed E-state index contributed by atoms with van der Waals surface area (Å²) in [5.74, 6) is -0.402. The van der Waals surface area contributed by atoms with E-state index < -0.39 is 17.9 Å². The first-order chi connectivity index (χ1) is 14.5. The Labute approximate surface area is 173 Å². The lowest BCUT2D eigenvalue weighted by atomic mass is 9.98. The van der Waals surface area contributed by atoms with E-state index in [1.165, 1.54) is 29.2 Å². The summed E-state index contributed by atoms with van der Waals surface area (Å²) in [6.45, 7) is 0.715. The molecule has 0 radical (unpaired) electrons. The maximum atomic E-state index is 13.1. The second kappa shape index (κ2) is 8.14. The Kier molecular flexibility index (Phi) is 5.39. The van der Waals surface area contributed by atoms with Crippen LogP contribution in [0.2, 0.25) is 0 Å². The highest BCUT2D eigenvalue weighted by atomic mass is 19.1. The fourth-order valence-electron chi connectivity index (χ4n) is 3.90. The average Bonchev–Trinajstić information content (AvgIpc) is 2.77. The van der Waals surface area contributed by atoms with Gasteiger partial charge >= 0.3 is 0 Å². The van der Waals surface area contributed by atoms with Crippen molar-refractivity contribution >= 4 is 17.7 Å². The number of halogens is 1. The van der Waals surface area contributed by atoms with Crippen molar-refractivity contribution in [3.8, 4) is 5.75 Å². The molecule has 1 N–H and O–H groups in total. The normalized spacial score (nSPS) is 21.1. The number of amides is 3. The minimum Gasteiger partial charge on any atom is -0.497 e. The first kappa shape index (κ1) is 19.9. The highest BCUT2D eigenvalue weighted by Crippen LogP contribution is 2.21. The average molecular weight is 411 g/mol. The molecule has 4 rings (SSSR count). The third kappa shape index (κ3) is 3.85. The van der Waals surface area contributed by atoms with Gasteiger partial charge in [0.25, 0.3) is 5.91 Å². The Morgan fingerprint density at radius 2 is 1.80 bits per heavy atom. The Bertz CT molecular complexity index is 961. The second-order valence-electron chi connectivity index (χ2n) is 7.42. The summed E-state index contributed by atoms with van der Waals surface area (Å²) in [6.07, 6.45) is 0.385. The van der Waals surface area contributed by atoms with E-state index in [-0.39, 0.29) is 30.8 Å². The Balaban J connectivity index is 1.43. The number of methoxy groups -OCH3 is 1. The molecule has 2 atom stereocenters. The highest BCUT2D eigenvalue weighted by Gasteiger charge is 2.44. The molecule has 156 valence electrons. The van der Waals surface area contributed by atoms with Gasteiger partial charge < -0.3 is 19.9 Å². The maximum absolute atomic E-state index is 13.1. The number of nitrogens with zero attached hydrogens (tertiary/aromatic N) is 2. The van der Waals surface area contributed by atoms with Crippen molar-refractivity contribution < 1.29 is 23.5 Å². The third-order valence-corrected chi connectivity index (χ3v) is 5.56. The van der Waals surface area contributed by atoms with Crippen LogP contribution in [0.25, 0.3) is 0 Å². The highest BCUT2D eigenvalue weighted by molar-refractivity contribution is 5.99. The molecule has 0 spiro atoms. The van der Waals surface area contributed by atoms with Crippen LogP contribution in [0.15, 0.2) is 48.5 Å². The largest absolute Gasteiger partial charge is 0.497 e. The van der Waals surface area contributed by atoms with Gasteiger partial charge in [-0.05, 0) is 42.0 Å². The van der Waals surface area contributed by atoms with Gasteiger partial charge in [0, 0.05) is 25.1 Å². The standard InChI is InChI=1S/C22H22FN3O4/c1-30-17-8-2-14(3-9-17)12-18-22(29)26-11-10-25(13-19(26)20(27)24-18)21(28)15-4-6-16(23)7-5-15/h2-9,18-19H,10-13H2,1H3,(H,24,27)/t18-,19+/m0/s1. The van der Waals surface area contributed by atoms with E-state index in [1.807, 2.05) is 24.3 Å². The molecule has 0 bridgehead atoms. The van der Waals surface area contributed by atoms with E-state index in [0.717, 1.165) is 11.3 Å². The van der Waals surface area contributed by atoms with Gasteiger partial charge in [-0.2, -0.15) is 0 Å². The second-order valence-corrected chi connectivity index (χ2v) is 7.42. The van der Waals surface area contributed by atoms with Crippen molar-refractivity contribution in [1.29, 1.82) is 0 Å². The molecule has 3 amide bonds. The van der Waals surface area contributed by atoms with Gasteiger partial charge in [-0.3, -0.25) is 14.4 Å². The van der Waals surface area contributed by atoms with Crippen LogP contribution in [-0.2, 0) is 16.0 Å². The number of fused-ring (bicyclic) bond motifs is 1. The van der Waals surface area contributed by atoms with E-state index in [9.17, 15) is 18.8 Å². The molecule has 2 fully saturated rings. The quantitative estimate of drug-likeness (QED) is 0.821. The monoisotopic (exact) mass is 411 g/mol. The van der Waals surface area contributed by atoms with Crippen molar-refractivity contribution in [3.63, 3.8) is 0 Å². The predicted molar refractivity (Wildman–Crippen MR) is 106 cm³/mol. The number of carbonyl (C=O) groups is 3. The molecule has 2 saturated heterocycles. The molecule has 0 aliphatic carbocycles. The van der Waals surface area contributed by atoms with E-state index >= 15 is 0 Å². The molecule has 2 heterocycles. The topological polar surface area (TPSA) is 79.0 Å². The van der Waals surface area contributed by atoms with Crippen LogP contribution in [0.3, 0.4) is 0 Å². The smallest absolute Gasteiger partial charge is 0.254 e. The molecule has 7 nitrogen and oxygen atoms in total. The summed E-state index contributed by atoms with van der Waals surface area (Å²) >= 11 is 0. The van der Waals surface area contributed by atoms with Crippen molar-refractivity contribution in [3.05, 3.63) is 65.5 Å². The van der Waals surface area contributed by atoms with Crippen molar-refractivity contribution in [2.75, 3.05) is 26.7 Å². The molecule has 0 aromatic heterocycles. The number of rotatable bonds is 4. The van der Waals surface area contributed by atoms with Crippen LogP contribution in [0.1, 0.15) is 15.9 Å². The summed E-state index contributed by atoms with van der Waals surface area (Å²) < 4.78 is 18.2. The lowest BCUT2D eigenvalue weighted by molar-refractivity contribution is -0.152. The summed E-state index contributed by atoms with van der Waals surface area (Å²) in [4.78, 5) is 41.4. The summed E-state index contributed by atoms with van der Waals surface area (Å²) in [7, 11) is 1.58. The van der Waals surface area contributed by atoms with E-state index in [4.69, 9.17) is 4.74 Å². The van der Waals surface area contributed by atoms with Crippen LogP contribution in [-0.4, -0.2) is 66.3 Å². The number of benzene rings is 2. The van der Waals surface area contributed by atoms with Gasteiger partial charge in [-0.25, -0.2) is 4.39 Å². The number of hydrogen-bond acceptors (Lipinski definition) is 4. The van der Waals surface area contributed by atoms with Gasteiger partial charge in [0.15, 0.2) is 0 Å². The van der Waals surface area contributed by atoms with E-state index in [0.29, 0.717) is 18.5 Å². The molecule has 2 aliphatic rings. The van der Waals surface area contributed by atoms with E-state index in [1.54, 1.807) is 12.0 Å². The van der Waals surface area contributed by atoms with Gasteiger partial charge in [0.05, 0.1) is 13.7 Å². The first-order valence-electron chi connectivity index (χ1n) is 9.75. The minimum atomic E-state index is -0.720. The lowest BCUT2D eigenvalue weighted by Gasteiger charge is -2.45. The minimum absolute atomic E-state index is 0.114. The molecule has 2 aliphatic heterocycles. The summed E-state index contributed by atoms with van der Waals surface area (Å²) in [5.41, 5.74) is 1.27. The van der Waals surface area contributed by atoms with Crippen LogP contribution in [0.5, 0.6) is 5.75 Å². The molecule has 2 aromatic carbocycles. The molecule has 30 heavy (non-hydrogen) atoms.